The Labute approximate surface area is 188 Å². The molecule has 3 aliphatic heterocycles. The van der Waals surface area contributed by atoms with Gasteiger partial charge >= 0.3 is 0 Å². The number of imidazole rings is 1. The number of carbonyl (C=O) groups excluding carboxylic acids is 2. The molecule has 0 saturated carbocycles. The molecule has 32 heavy (non-hydrogen) atoms. The molecule has 1 saturated heterocycles. The fourth-order valence-corrected chi connectivity index (χ4v) is 4.68. The molecule has 5 rings (SSSR count). The molecule has 1 aromatic carbocycles. The Morgan fingerprint density at radius 1 is 1.09 bits per heavy atom. The molecule has 8 nitrogen and oxygen atoms in total. The molecule has 8 heteroatoms. The summed E-state index contributed by atoms with van der Waals surface area (Å²) < 4.78 is 7.76. The Kier molecular flexibility index (Phi) is 7.09. The molecular formula is C24H32N4O4. The number of fused-ring (bicyclic) bond motifs is 9. The van der Waals surface area contributed by atoms with Crippen molar-refractivity contribution in [3.8, 4) is 5.75 Å². The van der Waals surface area contributed by atoms with Gasteiger partial charge in [-0.25, -0.2) is 4.98 Å². The van der Waals surface area contributed by atoms with E-state index < -0.39 is 0 Å². The molecule has 3 aliphatic rings. The van der Waals surface area contributed by atoms with Crippen molar-refractivity contribution < 1.29 is 19.4 Å². The zero-order valence-corrected chi connectivity index (χ0v) is 18.5. The molecule has 1 fully saturated rings. The fourth-order valence-electron chi connectivity index (χ4n) is 4.68. The summed E-state index contributed by atoms with van der Waals surface area (Å²) in [5.41, 5.74) is 0.411. The summed E-state index contributed by atoms with van der Waals surface area (Å²) in [6.45, 7) is 3.08. The van der Waals surface area contributed by atoms with E-state index in [9.17, 15) is 14.7 Å². The van der Waals surface area contributed by atoms with Gasteiger partial charge in [0.25, 0.3) is 5.91 Å². The van der Waals surface area contributed by atoms with E-state index in [0.717, 1.165) is 32.1 Å². The monoisotopic (exact) mass is 440 g/mol. The Balaban J connectivity index is 1.53. The van der Waals surface area contributed by atoms with Gasteiger partial charge in [-0.15, -0.1) is 0 Å². The lowest BCUT2D eigenvalue weighted by Crippen LogP contribution is -2.44. The maximum Gasteiger partial charge on any atom is 0.257 e. The van der Waals surface area contributed by atoms with Crippen molar-refractivity contribution in [2.24, 2.45) is 5.41 Å². The number of para-hydroxylation sites is 1. The minimum atomic E-state index is -0.140. The van der Waals surface area contributed by atoms with Gasteiger partial charge in [-0.1, -0.05) is 18.6 Å². The molecule has 2 amide bonds. The first kappa shape index (κ1) is 22.3. The highest BCUT2D eigenvalue weighted by Crippen LogP contribution is 2.37. The summed E-state index contributed by atoms with van der Waals surface area (Å²) in [6, 6.07) is 7.31. The van der Waals surface area contributed by atoms with E-state index in [-0.39, 0.29) is 30.4 Å². The minimum absolute atomic E-state index is 0.0178. The van der Waals surface area contributed by atoms with Gasteiger partial charge in [0, 0.05) is 38.6 Å². The predicted octanol–water partition coefficient (Wildman–Crippen LogP) is 2.19. The van der Waals surface area contributed by atoms with Gasteiger partial charge in [-0.3, -0.25) is 9.59 Å². The summed E-state index contributed by atoms with van der Waals surface area (Å²) in [4.78, 5) is 33.8. The number of carbonyl (C=O) groups is 2. The summed E-state index contributed by atoms with van der Waals surface area (Å²) in [5.74, 6) is 0.535. The van der Waals surface area contributed by atoms with Crippen molar-refractivity contribution >= 4 is 11.8 Å². The van der Waals surface area contributed by atoms with E-state index in [4.69, 9.17) is 4.74 Å². The lowest BCUT2D eigenvalue weighted by Gasteiger charge is -2.41. The summed E-state index contributed by atoms with van der Waals surface area (Å²) in [6.07, 6.45) is 9.38. The normalized spacial score (nSPS) is 19.6. The third kappa shape index (κ3) is 5.12. The molecule has 0 aliphatic carbocycles. The van der Waals surface area contributed by atoms with Gasteiger partial charge < -0.3 is 24.2 Å². The first-order valence-corrected chi connectivity index (χ1v) is 11.5. The number of amides is 2. The smallest absolute Gasteiger partial charge is 0.257 e. The van der Waals surface area contributed by atoms with Crippen molar-refractivity contribution in [2.45, 2.75) is 38.6 Å². The topological polar surface area (TPSA) is 87.9 Å². The van der Waals surface area contributed by atoms with Gasteiger partial charge in [0.2, 0.25) is 5.91 Å². The predicted molar refractivity (Wildman–Crippen MR) is 119 cm³/mol. The molecule has 0 radical (unpaired) electrons. The number of aromatic nitrogens is 2. The van der Waals surface area contributed by atoms with Gasteiger partial charge in [-0.05, 0) is 43.2 Å². The van der Waals surface area contributed by atoms with E-state index in [2.05, 4.69) is 4.98 Å². The van der Waals surface area contributed by atoms with Crippen molar-refractivity contribution in [3.05, 3.63) is 48.5 Å². The van der Waals surface area contributed by atoms with Crippen molar-refractivity contribution in [2.75, 3.05) is 39.4 Å². The Bertz CT molecular complexity index is 906. The highest BCUT2D eigenvalue weighted by atomic mass is 16.5. The molecule has 1 N–H and O–H groups in total. The number of aliphatic hydroxyl groups is 1. The highest BCUT2D eigenvalue weighted by molar-refractivity contribution is 5.97. The maximum atomic E-state index is 13.2. The van der Waals surface area contributed by atoms with Crippen molar-refractivity contribution in [1.29, 1.82) is 0 Å². The summed E-state index contributed by atoms with van der Waals surface area (Å²) >= 11 is 0. The molecule has 2 aromatic rings. The average Bonchev–Trinajstić information content (AvgIpc) is 3.33. The minimum Gasteiger partial charge on any atom is -0.491 e. The quantitative estimate of drug-likeness (QED) is 0.791. The van der Waals surface area contributed by atoms with Crippen LogP contribution in [0.3, 0.4) is 0 Å². The molecule has 0 unspecified atom stereocenters. The van der Waals surface area contributed by atoms with E-state index in [1.807, 2.05) is 28.0 Å². The van der Waals surface area contributed by atoms with E-state index in [1.165, 1.54) is 0 Å². The third-order valence-corrected chi connectivity index (χ3v) is 6.80. The van der Waals surface area contributed by atoms with Crippen LogP contribution in [-0.2, 0) is 11.3 Å². The molecule has 4 heterocycles. The SMILES string of the molecule is O=C(Cn1ccnc1)N1CCCCC2(CO)CCN(CC2)C(=O)c2ccccc2OCC1. The van der Waals surface area contributed by atoms with Gasteiger partial charge in [-0.2, -0.15) is 0 Å². The number of ether oxygens (including phenoxy) is 1. The first-order chi connectivity index (χ1) is 15.6. The second-order valence-corrected chi connectivity index (χ2v) is 8.87. The van der Waals surface area contributed by atoms with Crippen LogP contribution in [0.2, 0.25) is 0 Å². The Morgan fingerprint density at radius 3 is 2.66 bits per heavy atom. The standard InChI is InChI=1S/C24H32N4O4/c29-18-24-7-3-4-11-27(22(30)17-26-14-10-25-19-26)15-16-32-21-6-2-1-5-20(21)23(31)28(12-8-24)13-9-24/h1-2,5-6,10,14,19,29H,3-4,7-9,11-13,15-18H2. The number of benzene rings is 1. The molecule has 172 valence electrons. The number of nitrogens with zero attached hydrogens (tertiary/aromatic N) is 4. The van der Waals surface area contributed by atoms with Crippen molar-refractivity contribution in [3.63, 3.8) is 0 Å². The molecule has 0 atom stereocenters. The fraction of sp³-hybridized carbons (Fsp3) is 0.542. The second-order valence-electron chi connectivity index (χ2n) is 8.87. The molecule has 0 spiro atoms. The third-order valence-electron chi connectivity index (χ3n) is 6.80. The van der Waals surface area contributed by atoms with E-state index in [0.29, 0.717) is 44.1 Å². The van der Waals surface area contributed by atoms with Crippen LogP contribution in [0.1, 0.15) is 42.5 Å². The molecule has 1 aromatic heterocycles. The summed E-state index contributed by atoms with van der Waals surface area (Å²) in [5, 5.41) is 10.1. The van der Waals surface area contributed by atoms with Crippen LogP contribution in [0.15, 0.2) is 43.0 Å². The van der Waals surface area contributed by atoms with Crippen LogP contribution in [-0.4, -0.2) is 75.7 Å². The number of aliphatic hydroxyl groups excluding tert-OH is 1. The van der Waals surface area contributed by atoms with Crippen LogP contribution in [0.5, 0.6) is 5.75 Å². The Hall–Kier alpha value is -2.87. The average molecular weight is 441 g/mol. The highest BCUT2D eigenvalue weighted by Gasteiger charge is 2.36. The zero-order chi connectivity index (χ0) is 22.4. The lowest BCUT2D eigenvalue weighted by molar-refractivity contribution is -0.132. The first-order valence-electron chi connectivity index (χ1n) is 11.5. The van der Waals surface area contributed by atoms with Crippen LogP contribution in [0.4, 0.5) is 0 Å². The van der Waals surface area contributed by atoms with Crippen LogP contribution >= 0.6 is 0 Å². The number of rotatable bonds is 3. The second kappa shape index (κ2) is 10.2. The van der Waals surface area contributed by atoms with Crippen LogP contribution in [0.25, 0.3) is 0 Å². The van der Waals surface area contributed by atoms with Crippen LogP contribution in [0, 0.1) is 5.41 Å². The molecule has 2 bridgehead atoms. The number of hydrogen-bond donors (Lipinski definition) is 1. The number of piperidine rings is 1. The van der Waals surface area contributed by atoms with E-state index >= 15 is 0 Å². The Morgan fingerprint density at radius 2 is 1.91 bits per heavy atom. The molecular weight excluding hydrogens is 408 g/mol. The summed E-state index contributed by atoms with van der Waals surface area (Å²) in [7, 11) is 0. The largest absolute Gasteiger partial charge is 0.491 e. The van der Waals surface area contributed by atoms with Gasteiger partial charge in [0.1, 0.15) is 18.9 Å². The van der Waals surface area contributed by atoms with Gasteiger partial charge in [0.15, 0.2) is 0 Å². The van der Waals surface area contributed by atoms with Gasteiger partial charge in [0.05, 0.1) is 18.4 Å². The zero-order valence-electron chi connectivity index (χ0n) is 18.5. The van der Waals surface area contributed by atoms with Crippen molar-refractivity contribution in [1.82, 2.24) is 19.4 Å². The van der Waals surface area contributed by atoms with Crippen LogP contribution < -0.4 is 4.74 Å². The van der Waals surface area contributed by atoms with E-state index in [1.54, 1.807) is 29.4 Å². The maximum absolute atomic E-state index is 13.2. The number of hydrogen-bond acceptors (Lipinski definition) is 5. The lowest BCUT2D eigenvalue weighted by atomic mass is 9.75.